The van der Waals surface area contributed by atoms with Gasteiger partial charge in [-0.3, -0.25) is 0 Å². The Morgan fingerprint density at radius 1 is 1.54 bits per heavy atom. The number of hydrogen-bond donors (Lipinski definition) is 2. The molecule has 74 valence electrons. The van der Waals surface area contributed by atoms with Gasteiger partial charge in [-0.25, -0.2) is 0 Å². The second-order valence-corrected chi connectivity index (χ2v) is 3.84. The van der Waals surface area contributed by atoms with Crippen molar-refractivity contribution in [1.29, 1.82) is 0 Å². The summed E-state index contributed by atoms with van der Waals surface area (Å²) in [4.78, 5) is 0. The predicted molar refractivity (Wildman–Crippen MR) is 60.7 cm³/mol. The van der Waals surface area contributed by atoms with E-state index in [1.807, 2.05) is 0 Å². The molecule has 0 fully saturated rings. The molecule has 0 aromatic heterocycles. The molecule has 1 atom stereocenters. The minimum Gasteiger partial charge on any atom is -0.506 e. The first-order valence-corrected chi connectivity index (χ1v) is 4.63. The van der Waals surface area contributed by atoms with E-state index in [4.69, 9.17) is 17.3 Å². The Kier molecular flexibility index (Phi) is 5.07. The van der Waals surface area contributed by atoms with Crippen LogP contribution in [0.4, 0.5) is 0 Å². The Balaban J connectivity index is 0.00000144. The second kappa shape index (κ2) is 5.05. The van der Waals surface area contributed by atoms with Gasteiger partial charge in [0.1, 0.15) is 5.75 Å². The standard InChI is InChI=1S/C8H9BrClNO.ClH/c1-4(11)7-6(10)3-2-5(9)8(7)12;/h2-4,12H,11H2,1H3;1H/t4-;/m0./s1. The Morgan fingerprint density at radius 3 is 2.46 bits per heavy atom. The van der Waals surface area contributed by atoms with Crippen LogP contribution in [0, 0.1) is 0 Å². The molecule has 1 rings (SSSR count). The monoisotopic (exact) mass is 285 g/mol. The summed E-state index contributed by atoms with van der Waals surface area (Å²) in [6.45, 7) is 1.77. The lowest BCUT2D eigenvalue weighted by molar-refractivity contribution is 0.460. The van der Waals surface area contributed by atoms with Gasteiger partial charge >= 0.3 is 0 Å². The van der Waals surface area contributed by atoms with Crippen LogP contribution >= 0.6 is 39.9 Å². The van der Waals surface area contributed by atoms with Gasteiger partial charge in [0.05, 0.1) is 4.47 Å². The van der Waals surface area contributed by atoms with Gasteiger partial charge in [-0.2, -0.15) is 0 Å². The zero-order valence-corrected chi connectivity index (χ0v) is 10.1. The summed E-state index contributed by atoms with van der Waals surface area (Å²) >= 11 is 9.02. The maximum Gasteiger partial charge on any atom is 0.136 e. The maximum absolute atomic E-state index is 9.54. The molecule has 1 aromatic rings. The first-order chi connectivity index (χ1) is 5.54. The fraction of sp³-hybridized carbons (Fsp3) is 0.250. The largest absolute Gasteiger partial charge is 0.506 e. The van der Waals surface area contributed by atoms with Crippen molar-refractivity contribution in [2.45, 2.75) is 13.0 Å². The number of benzene rings is 1. The summed E-state index contributed by atoms with van der Waals surface area (Å²) in [6, 6.07) is 3.11. The number of halogens is 3. The van der Waals surface area contributed by atoms with Crippen LogP contribution in [-0.2, 0) is 0 Å². The number of aromatic hydroxyl groups is 1. The van der Waals surface area contributed by atoms with E-state index >= 15 is 0 Å². The smallest absolute Gasteiger partial charge is 0.136 e. The van der Waals surface area contributed by atoms with E-state index in [2.05, 4.69) is 15.9 Å². The van der Waals surface area contributed by atoms with Crippen LogP contribution in [0.3, 0.4) is 0 Å². The Hall–Kier alpha value is 0.0400. The highest BCUT2D eigenvalue weighted by Crippen LogP contribution is 2.36. The SMILES string of the molecule is C[C@H](N)c1c(Cl)ccc(Br)c1O.Cl. The van der Waals surface area contributed by atoms with Gasteiger partial charge in [0, 0.05) is 16.6 Å². The van der Waals surface area contributed by atoms with Crippen LogP contribution in [0.25, 0.3) is 0 Å². The van der Waals surface area contributed by atoms with Crippen molar-refractivity contribution < 1.29 is 5.11 Å². The van der Waals surface area contributed by atoms with Crippen molar-refractivity contribution in [1.82, 2.24) is 0 Å². The minimum absolute atomic E-state index is 0. The van der Waals surface area contributed by atoms with Gasteiger partial charge in [-0.15, -0.1) is 12.4 Å². The molecule has 0 aliphatic heterocycles. The van der Waals surface area contributed by atoms with Gasteiger partial charge in [-0.1, -0.05) is 11.6 Å². The van der Waals surface area contributed by atoms with Crippen molar-refractivity contribution in [3.8, 4) is 5.75 Å². The minimum atomic E-state index is -0.269. The summed E-state index contributed by atoms with van der Waals surface area (Å²) in [5.74, 6) is 0.123. The summed E-state index contributed by atoms with van der Waals surface area (Å²) < 4.78 is 0.610. The molecule has 0 spiro atoms. The molecule has 0 aliphatic carbocycles. The molecular weight excluding hydrogens is 277 g/mol. The third kappa shape index (κ3) is 2.74. The molecule has 0 aliphatic rings. The van der Waals surface area contributed by atoms with Crippen LogP contribution in [-0.4, -0.2) is 5.11 Å². The summed E-state index contributed by atoms with van der Waals surface area (Å²) in [6.07, 6.45) is 0. The fourth-order valence-corrected chi connectivity index (χ4v) is 1.66. The first kappa shape index (κ1) is 13.0. The third-order valence-electron chi connectivity index (χ3n) is 1.57. The third-order valence-corrected chi connectivity index (χ3v) is 2.54. The lowest BCUT2D eigenvalue weighted by Gasteiger charge is -2.11. The van der Waals surface area contributed by atoms with Crippen molar-refractivity contribution in [2.24, 2.45) is 5.73 Å². The van der Waals surface area contributed by atoms with Crippen molar-refractivity contribution in [3.63, 3.8) is 0 Å². The topological polar surface area (TPSA) is 46.2 Å². The molecule has 2 nitrogen and oxygen atoms in total. The van der Waals surface area contributed by atoms with Crippen LogP contribution in [0.15, 0.2) is 16.6 Å². The van der Waals surface area contributed by atoms with E-state index in [0.29, 0.717) is 15.1 Å². The van der Waals surface area contributed by atoms with Gasteiger partial charge < -0.3 is 10.8 Å². The lowest BCUT2D eigenvalue weighted by atomic mass is 10.1. The molecule has 0 heterocycles. The highest BCUT2D eigenvalue weighted by Gasteiger charge is 2.12. The van der Waals surface area contributed by atoms with Gasteiger partial charge in [0.25, 0.3) is 0 Å². The highest BCUT2D eigenvalue weighted by atomic mass is 79.9. The predicted octanol–water partition coefficient (Wildman–Crippen LogP) is 3.25. The molecule has 5 heteroatoms. The summed E-state index contributed by atoms with van der Waals surface area (Å²) in [5, 5.41) is 10.0. The molecule has 0 unspecified atom stereocenters. The average Bonchev–Trinajstić information content (AvgIpc) is 1.97. The van der Waals surface area contributed by atoms with E-state index in [0.717, 1.165) is 0 Å². The van der Waals surface area contributed by atoms with Crippen molar-refractivity contribution in [2.75, 3.05) is 0 Å². The van der Waals surface area contributed by atoms with E-state index in [-0.39, 0.29) is 24.2 Å². The first-order valence-electron chi connectivity index (χ1n) is 3.46. The number of phenolic OH excluding ortho intramolecular Hbond substituents is 1. The van der Waals surface area contributed by atoms with Crippen LogP contribution < -0.4 is 5.73 Å². The average molecular weight is 287 g/mol. The van der Waals surface area contributed by atoms with E-state index in [1.165, 1.54) is 0 Å². The molecule has 0 saturated carbocycles. The van der Waals surface area contributed by atoms with E-state index < -0.39 is 0 Å². The molecule has 3 N–H and O–H groups in total. The number of rotatable bonds is 1. The molecule has 13 heavy (non-hydrogen) atoms. The van der Waals surface area contributed by atoms with Crippen molar-refractivity contribution in [3.05, 3.63) is 27.2 Å². The van der Waals surface area contributed by atoms with Crippen LogP contribution in [0.1, 0.15) is 18.5 Å². The number of hydrogen-bond acceptors (Lipinski definition) is 2. The van der Waals surface area contributed by atoms with E-state index in [9.17, 15) is 5.11 Å². The zero-order valence-electron chi connectivity index (χ0n) is 6.92. The molecule has 0 saturated heterocycles. The van der Waals surface area contributed by atoms with E-state index in [1.54, 1.807) is 19.1 Å². The second-order valence-electron chi connectivity index (χ2n) is 2.58. The maximum atomic E-state index is 9.54. The zero-order chi connectivity index (χ0) is 9.30. The fourth-order valence-electron chi connectivity index (χ4n) is 0.990. The molecule has 0 bridgehead atoms. The van der Waals surface area contributed by atoms with Gasteiger partial charge in [-0.05, 0) is 35.0 Å². The Bertz CT molecular complexity index is 304. The summed E-state index contributed by atoms with van der Waals surface area (Å²) in [5.41, 5.74) is 6.19. The molecule has 0 radical (unpaired) electrons. The number of phenols is 1. The molecular formula is C8H10BrCl2NO. The normalized spacial score (nSPS) is 12.0. The quantitative estimate of drug-likeness (QED) is 0.832. The van der Waals surface area contributed by atoms with Gasteiger partial charge in [0.2, 0.25) is 0 Å². The van der Waals surface area contributed by atoms with Crippen LogP contribution in [0.5, 0.6) is 5.75 Å². The summed E-state index contributed by atoms with van der Waals surface area (Å²) in [7, 11) is 0. The Morgan fingerprint density at radius 2 is 2.08 bits per heavy atom. The molecule has 0 amide bonds. The van der Waals surface area contributed by atoms with Crippen molar-refractivity contribution >= 4 is 39.9 Å². The Labute approximate surface area is 96.6 Å². The number of nitrogens with two attached hydrogens (primary N) is 1. The van der Waals surface area contributed by atoms with Crippen LogP contribution in [0.2, 0.25) is 5.02 Å². The van der Waals surface area contributed by atoms with Gasteiger partial charge in [0.15, 0.2) is 0 Å². The highest BCUT2D eigenvalue weighted by molar-refractivity contribution is 9.10. The lowest BCUT2D eigenvalue weighted by Crippen LogP contribution is -2.06. The molecule has 1 aromatic carbocycles.